The zero-order valence-electron chi connectivity index (χ0n) is 14.0. The number of Topliss-reactive ketones (excluding diaryl/α,β-unsaturated/α-hetero) is 1. The van der Waals surface area contributed by atoms with Gasteiger partial charge >= 0.3 is 5.97 Å². The van der Waals surface area contributed by atoms with E-state index in [-0.39, 0.29) is 18.8 Å². The predicted octanol–water partition coefficient (Wildman–Crippen LogP) is 4.32. The summed E-state index contributed by atoms with van der Waals surface area (Å²) >= 11 is 7.55. The minimum atomic E-state index is -0.433. The molecule has 5 nitrogen and oxygen atoms in total. The van der Waals surface area contributed by atoms with Crippen LogP contribution < -0.4 is 4.74 Å². The Morgan fingerprint density at radius 3 is 2.73 bits per heavy atom. The first-order valence-electron chi connectivity index (χ1n) is 7.93. The number of nitrogens with zero attached hydrogens (tertiary/aromatic N) is 1. The molecule has 1 aromatic heterocycles. The molecule has 0 spiro atoms. The third-order valence-electron chi connectivity index (χ3n) is 3.72. The van der Waals surface area contributed by atoms with Crippen molar-refractivity contribution in [2.24, 2.45) is 0 Å². The van der Waals surface area contributed by atoms with Gasteiger partial charge in [-0.15, -0.1) is 11.3 Å². The van der Waals surface area contributed by atoms with Crippen molar-refractivity contribution in [3.05, 3.63) is 58.1 Å². The zero-order chi connectivity index (χ0) is 18.5. The van der Waals surface area contributed by atoms with Gasteiger partial charge in [0.2, 0.25) is 0 Å². The zero-order valence-corrected chi connectivity index (χ0v) is 15.6. The van der Waals surface area contributed by atoms with E-state index >= 15 is 0 Å². The lowest BCUT2D eigenvalue weighted by Crippen LogP contribution is -2.14. The van der Waals surface area contributed by atoms with E-state index in [1.165, 1.54) is 13.2 Å². The smallest absolute Gasteiger partial charge is 0.306 e. The molecular formula is C19H16ClNO4S. The predicted molar refractivity (Wildman–Crippen MR) is 101 cm³/mol. The summed E-state index contributed by atoms with van der Waals surface area (Å²) in [6.07, 6.45) is 0.664. The maximum absolute atomic E-state index is 12.1. The number of ether oxygens (including phenoxy) is 2. The maximum Gasteiger partial charge on any atom is 0.306 e. The van der Waals surface area contributed by atoms with Gasteiger partial charge in [-0.25, -0.2) is 4.98 Å². The largest absolute Gasteiger partial charge is 0.495 e. The number of hydrogen-bond acceptors (Lipinski definition) is 6. The Kier molecular flexibility index (Phi) is 5.85. The van der Waals surface area contributed by atoms with Crippen LogP contribution in [0, 0.1) is 0 Å². The number of benzene rings is 2. The van der Waals surface area contributed by atoms with Crippen LogP contribution in [0.4, 0.5) is 0 Å². The van der Waals surface area contributed by atoms with Crippen LogP contribution in [-0.2, 0) is 16.0 Å². The Bertz CT molecular complexity index is 921. The molecule has 0 N–H and O–H groups in total. The average Bonchev–Trinajstić information content (AvgIpc) is 3.07. The van der Waals surface area contributed by atoms with E-state index < -0.39 is 5.97 Å². The fourth-order valence-electron chi connectivity index (χ4n) is 2.38. The second-order valence-corrected chi connectivity index (χ2v) is 7.03. The number of halogens is 1. The third kappa shape index (κ3) is 4.39. The number of carbonyl (C=O) groups is 2. The van der Waals surface area contributed by atoms with E-state index in [4.69, 9.17) is 21.1 Å². The molecule has 1 heterocycles. The fourth-order valence-corrected chi connectivity index (χ4v) is 3.60. The number of carbonyl (C=O) groups excluding carboxylic acids is 2. The Balaban J connectivity index is 1.50. The molecule has 3 aromatic rings. The van der Waals surface area contributed by atoms with Crippen molar-refractivity contribution in [3.8, 4) is 5.75 Å². The molecular weight excluding hydrogens is 374 g/mol. The quantitative estimate of drug-likeness (QED) is 0.445. The van der Waals surface area contributed by atoms with Gasteiger partial charge < -0.3 is 9.47 Å². The number of aryl methyl sites for hydroxylation is 1. The summed E-state index contributed by atoms with van der Waals surface area (Å²) in [4.78, 5) is 28.5. The first kappa shape index (κ1) is 18.4. The highest BCUT2D eigenvalue weighted by atomic mass is 35.5. The molecule has 2 aromatic carbocycles. The van der Waals surface area contributed by atoms with Crippen LogP contribution in [0.5, 0.6) is 5.75 Å². The van der Waals surface area contributed by atoms with Crippen LogP contribution >= 0.6 is 22.9 Å². The summed E-state index contributed by atoms with van der Waals surface area (Å²) < 4.78 is 11.2. The van der Waals surface area contributed by atoms with Crippen molar-refractivity contribution < 1.29 is 19.1 Å². The van der Waals surface area contributed by atoms with Gasteiger partial charge in [-0.3, -0.25) is 9.59 Å². The monoisotopic (exact) mass is 389 g/mol. The van der Waals surface area contributed by atoms with Crippen molar-refractivity contribution in [1.82, 2.24) is 4.98 Å². The van der Waals surface area contributed by atoms with Gasteiger partial charge in [0.05, 0.1) is 33.8 Å². The highest BCUT2D eigenvalue weighted by Crippen LogP contribution is 2.25. The van der Waals surface area contributed by atoms with Crippen LogP contribution in [0.15, 0.2) is 42.5 Å². The van der Waals surface area contributed by atoms with Crippen LogP contribution in [0.2, 0.25) is 5.02 Å². The molecule has 0 aliphatic heterocycles. The van der Waals surface area contributed by atoms with Gasteiger partial charge in [-0.05, 0) is 30.3 Å². The van der Waals surface area contributed by atoms with Crippen LogP contribution in [-0.4, -0.2) is 30.5 Å². The van der Waals surface area contributed by atoms with Gasteiger partial charge in [-0.1, -0.05) is 23.7 Å². The first-order chi connectivity index (χ1) is 12.6. The van der Waals surface area contributed by atoms with Gasteiger partial charge in [0.25, 0.3) is 0 Å². The summed E-state index contributed by atoms with van der Waals surface area (Å²) in [5.41, 5.74) is 1.29. The molecule has 7 heteroatoms. The SMILES string of the molecule is COc1ccc(C(=O)COC(=O)CCc2nc3ccccc3s2)cc1Cl. The molecule has 0 radical (unpaired) electrons. The second-order valence-electron chi connectivity index (χ2n) is 5.51. The highest BCUT2D eigenvalue weighted by Gasteiger charge is 2.13. The summed E-state index contributed by atoms with van der Waals surface area (Å²) in [6, 6.07) is 12.5. The van der Waals surface area contributed by atoms with Gasteiger partial charge in [-0.2, -0.15) is 0 Å². The van der Waals surface area contributed by atoms with E-state index in [1.54, 1.807) is 23.5 Å². The molecule has 0 bridgehead atoms. The molecule has 0 aliphatic carbocycles. The number of methoxy groups -OCH3 is 1. The van der Waals surface area contributed by atoms with E-state index in [0.717, 1.165) is 15.2 Å². The molecule has 0 unspecified atom stereocenters. The molecule has 3 rings (SSSR count). The summed E-state index contributed by atoms with van der Waals surface area (Å²) in [5, 5.41) is 1.21. The summed E-state index contributed by atoms with van der Waals surface area (Å²) in [5.74, 6) is -0.267. The van der Waals surface area contributed by atoms with Crippen molar-refractivity contribution >= 4 is 44.9 Å². The standard InChI is InChI=1S/C19H16ClNO4S/c1-24-16-7-6-12(10-13(16)20)15(22)11-25-19(23)9-8-18-21-14-4-2-3-5-17(14)26-18/h2-7,10H,8-9,11H2,1H3. The lowest BCUT2D eigenvalue weighted by Gasteiger charge is -2.06. The second kappa shape index (κ2) is 8.29. The fraction of sp³-hybridized carbons (Fsp3) is 0.211. The lowest BCUT2D eigenvalue weighted by atomic mass is 10.1. The minimum absolute atomic E-state index is 0.177. The first-order valence-corrected chi connectivity index (χ1v) is 9.13. The van der Waals surface area contributed by atoms with Crippen LogP contribution in [0.1, 0.15) is 21.8 Å². The van der Waals surface area contributed by atoms with Crippen LogP contribution in [0.25, 0.3) is 10.2 Å². The third-order valence-corrected chi connectivity index (χ3v) is 5.11. The lowest BCUT2D eigenvalue weighted by molar-refractivity contribution is -0.142. The number of hydrogen-bond donors (Lipinski definition) is 0. The van der Waals surface area contributed by atoms with Crippen LogP contribution in [0.3, 0.4) is 0 Å². The Morgan fingerprint density at radius 2 is 2.00 bits per heavy atom. The average molecular weight is 390 g/mol. The Labute approximate surface area is 159 Å². The van der Waals surface area contributed by atoms with Crippen molar-refractivity contribution in [1.29, 1.82) is 0 Å². The van der Waals surface area contributed by atoms with Gasteiger partial charge in [0.1, 0.15) is 5.75 Å². The van der Waals surface area contributed by atoms with Gasteiger partial charge in [0, 0.05) is 12.0 Å². The molecule has 0 saturated carbocycles. The number of thiazole rings is 1. The molecule has 0 aliphatic rings. The van der Waals surface area contributed by atoms with E-state index in [9.17, 15) is 9.59 Å². The Morgan fingerprint density at radius 1 is 1.19 bits per heavy atom. The molecule has 26 heavy (non-hydrogen) atoms. The van der Waals surface area contributed by atoms with Crippen molar-refractivity contribution in [2.45, 2.75) is 12.8 Å². The molecule has 0 amide bonds. The number of ketones is 1. The molecule has 134 valence electrons. The molecule has 0 atom stereocenters. The van der Waals surface area contributed by atoms with Crippen molar-refractivity contribution in [2.75, 3.05) is 13.7 Å². The number of rotatable bonds is 7. The minimum Gasteiger partial charge on any atom is -0.495 e. The summed E-state index contributed by atoms with van der Waals surface area (Å²) in [6.45, 7) is -0.318. The molecule has 0 saturated heterocycles. The number of para-hydroxylation sites is 1. The maximum atomic E-state index is 12.1. The highest BCUT2D eigenvalue weighted by molar-refractivity contribution is 7.18. The van der Waals surface area contributed by atoms with E-state index in [2.05, 4.69) is 4.98 Å². The van der Waals surface area contributed by atoms with Gasteiger partial charge in [0.15, 0.2) is 12.4 Å². The number of fused-ring (bicyclic) bond motifs is 1. The van der Waals surface area contributed by atoms with E-state index in [1.807, 2.05) is 24.3 Å². The van der Waals surface area contributed by atoms with E-state index in [0.29, 0.717) is 22.8 Å². The van der Waals surface area contributed by atoms with Crippen molar-refractivity contribution in [3.63, 3.8) is 0 Å². The number of esters is 1. The summed E-state index contributed by atoms with van der Waals surface area (Å²) in [7, 11) is 1.50. The molecule has 0 fully saturated rings. The normalized spacial score (nSPS) is 10.7. The topological polar surface area (TPSA) is 65.5 Å². The Hall–Kier alpha value is -2.44. The number of aromatic nitrogens is 1.